The Bertz CT molecular complexity index is 722. The van der Waals surface area contributed by atoms with Gasteiger partial charge in [-0.05, 0) is 47.9 Å². The van der Waals surface area contributed by atoms with Crippen LogP contribution in [0.3, 0.4) is 0 Å². The van der Waals surface area contributed by atoms with Crippen LogP contribution < -0.4 is 0 Å². The van der Waals surface area contributed by atoms with Crippen LogP contribution in [0.15, 0.2) is 42.6 Å². The summed E-state index contributed by atoms with van der Waals surface area (Å²) in [6, 6.07) is 9.09. The smallest absolute Gasteiger partial charge is 0.293 e. The van der Waals surface area contributed by atoms with Crippen LogP contribution in [0.25, 0.3) is 0 Å². The first-order valence-corrected chi connectivity index (χ1v) is 7.50. The molecular weight excluding hydrogens is 303 g/mol. The van der Waals surface area contributed by atoms with Crippen molar-refractivity contribution in [2.24, 2.45) is 0 Å². The molecule has 1 aliphatic carbocycles. The number of ketones is 1. The van der Waals surface area contributed by atoms with Crippen LogP contribution in [0.4, 0.5) is 13.2 Å². The van der Waals surface area contributed by atoms with Crippen molar-refractivity contribution in [3.63, 3.8) is 0 Å². The van der Waals surface area contributed by atoms with Crippen LogP contribution in [0.2, 0.25) is 0 Å². The van der Waals surface area contributed by atoms with E-state index in [0.717, 1.165) is 24.5 Å². The minimum absolute atomic E-state index is 0.0716. The average Bonchev–Trinajstić information content (AvgIpc) is 2.46. The minimum Gasteiger partial charge on any atom is -0.293 e. The van der Waals surface area contributed by atoms with Gasteiger partial charge in [-0.1, -0.05) is 24.3 Å². The monoisotopic (exact) mass is 319 g/mol. The van der Waals surface area contributed by atoms with E-state index >= 15 is 0 Å². The molecule has 23 heavy (non-hydrogen) atoms. The van der Waals surface area contributed by atoms with Crippen LogP contribution in [-0.2, 0) is 6.18 Å². The van der Waals surface area contributed by atoms with Crippen LogP contribution in [-0.4, -0.2) is 10.8 Å². The van der Waals surface area contributed by atoms with E-state index in [1.165, 1.54) is 19.1 Å². The van der Waals surface area contributed by atoms with Crippen molar-refractivity contribution in [2.75, 3.05) is 0 Å². The van der Waals surface area contributed by atoms with E-state index in [1.54, 1.807) is 18.3 Å². The van der Waals surface area contributed by atoms with E-state index in [2.05, 4.69) is 4.98 Å². The number of carbonyl (C=O) groups is 1. The highest BCUT2D eigenvalue weighted by Gasteiger charge is 2.36. The summed E-state index contributed by atoms with van der Waals surface area (Å²) in [6.45, 7) is 1.46. The first-order valence-electron chi connectivity index (χ1n) is 7.50. The molecule has 1 aromatic carbocycles. The molecule has 0 radical (unpaired) electrons. The third-order valence-corrected chi connectivity index (χ3v) is 4.49. The second-order valence-corrected chi connectivity index (χ2v) is 5.95. The number of aromatic nitrogens is 1. The lowest BCUT2D eigenvalue weighted by molar-refractivity contribution is -0.137. The summed E-state index contributed by atoms with van der Waals surface area (Å²) in [4.78, 5) is 15.4. The number of nitrogens with zero attached hydrogens (tertiary/aromatic N) is 1. The van der Waals surface area contributed by atoms with E-state index < -0.39 is 11.7 Å². The van der Waals surface area contributed by atoms with E-state index in [0.29, 0.717) is 11.3 Å². The highest BCUT2D eigenvalue weighted by atomic mass is 19.4. The molecule has 0 bridgehead atoms. The molecule has 2 unspecified atom stereocenters. The molecule has 1 saturated carbocycles. The van der Waals surface area contributed by atoms with E-state index in [-0.39, 0.29) is 17.6 Å². The number of carbonyl (C=O) groups excluding carboxylic acids is 1. The molecule has 5 heteroatoms. The summed E-state index contributed by atoms with van der Waals surface area (Å²) in [5.74, 6) is 0.133. The molecule has 1 aliphatic rings. The van der Waals surface area contributed by atoms with Crippen molar-refractivity contribution in [2.45, 2.75) is 37.8 Å². The van der Waals surface area contributed by atoms with Crippen LogP contribution in [0, 0.1) is 0 Å². The lowest BCUT2D eigenvalue weighted by Crippen LogP contribution is -2.22. The molecule has 0 N–H and O–H groups in total. The van der Waals surface area contributed by atoms with Gasteiger partial charge in [0.1, 0.15) is 5.69 Å². The molecule has 1 fully saturated rings. The Labute approximate surface area is 132 Å². The normalized spacial score (nSPS) is 20.9. The van der Waals surface area contributed by atoms with Gasteiger partial charge in [0.25, 0.3) is 0 Å². The predicted molar refractivity (Wildman–Crippen MR) is 80.4 cm³/mol. The fourth-order valence-corrected chi connectivity index (χ4v) is 3.08. The number of hydrogen-bond donors (Lipinski definition) is 0. The number of rotatable bonds is 3. The number of benzene rings is 1. The highest BCUT2D eigenvalue weighted by molar-refractivity contribution is 5.91. The third kappa shape index (κ3) is 3.14. The maximum absolute atomic E-state index is 12.9. The Balaban J connectivity index is 1.83. The van der Waals surface area contributed by atoms with Gasteiger partial charge in [0.05, 0.1) is 5.56 Å². The minimum atomic E-state index is -4.32. The molecular formula is C18H16F3NO. The molecule has 0 aliphatic heterocycles. The van der Waals surface area contributed by atoms with Gasteiger partial charge in [-0.15, -0.1) is 0 Å². The summed E-state index contributed by atoms with van der Waals surface area (Å²) in [7, 11) is 0. The number of alkyl halides is 3. The zero-order valence-corrected chi connectivity index (χ0v) is 12.6. The number of Topliss-reactive ketones (excluding diaryl/α,β-unsaturated/α-hetero) is 1. The number of hydrogen-bond acceptors (Lipinski definition) is 2. The number of halogens is 3. The van der Waals surface area contributed by atoms with Gasteiger partial charge in [-0.3, -0.25) is 9.78 Å². The van der Waals surface area contributed by atoms with Crippen molar-refractivity contribution in [3.8, 4) is 0 Å². The zero-order valence-electron chi connectivity index (χ0n) is 12.6. The Morgan fingerprint density at radius 3 is 2.30 bits per heavy atom. The summed E-state index contributed by atoms with van der Waals surface area (Å²) < 4.78 is 38.6. The molecule has 0 spiro atoms. The fourth-order valence-electron chi connectivity index (χ4n) is 3.08. The maximum Gasteiger partial charge on any atom is 0.416 e. The topological polar surface area (TPSA) is 30.0 Å². The van der Waals surface area contributed by atoms with Crippen molar-refractivity contribution < 1.29 is 18.0 Å². The first-order chi connectivity index (χ1) is 10.9. The van der Waals surface area contributed by atoms with Gasteiger partial charge in [-0.2, -0.15) is 13.2 Å². The molecule has 0 amide bonds. The van der Waals surface area contributed by atoms with Gasteiger partial charge in [0.15, 0.2) is 5.78 Å². The zero-order chi connectivity index (χ0) is 16.6. The molecule has 0 saturated heterocycles. The van der Waals surface area contributed by atoms with Crippen LogP contribution in [0.1, 0.15) is 58.8 Å². The molecule has 2 atom stereocenters. The number of pyridine rings is 1. The van der Waals surface area contributed by atoms with Gasteiger partial charge < -0.3 is 0 Å². The van der Waals surface area contributed by atoms with Crippen molar-refractivity contribution >= 4 is 5.78 Å². The largest absolute Gasteiger partial charge is 0.416 e. The molecule has 120 valence electrons. The van der Waals surface area contributed by atoms with E-state index in [1.807, 2.05) is 6.07 Å². The third-order valence-electron chi connectivity index (χ3n) is 4.49. The summed E-state index contributed by atoms with van der Waals surface area (Å²) in [5.41, 5.74) is 1.49. The second kappa shape index (κ2) is 5.80. The Hall–Kier alpha value is -2.17. The maximum atomic E-state index is 12.9. The van der Waals surface area contributed by atoms with Crippen molar-refractivity contribution in [3.05, 3.63) is 65.0 Å². The van der Waals surface area contributed by atoms with Gasteiger partial charge in [0.2, 0.25) is 0 Å². The SMILES string of the molecule is CC(=O)c1ccc(C2CCC2c2cccc(C(F)(F)F)c2)cn1. The van der Waals surface area contributed by atoms with Gasteiger partial charge >= 0.3 is 6.18 Å². The quantitative estimate of drug-likeness (QED) is 0.748. The summed E-state index contributed by atoms with van der Waals surface area (Å²) >= 11 is 0. The molecule has 1 aromatic heterocycles. The second-order valence-electron chi connectivity index (χ2n) is 5.95. The summed E-state index contributed by atoms with van der Waals surface area (Å²) in [5, 5.41) is 0. The molecule has 2 aromatic rings. The van der Waals surface area contributed by atoms with Gasteiger partial charge in [0, 0.05) is 13.1 Å². The lowest BCUT2D eigenvalue weighted by atomic mass is 9.67. The van der Waals surface area contributed by atoms with Crippen LogP contribution in [0.5, 0.6) is 0 Å². The molecule has 3 rings (SSSR count). The lowest BCUT2D eigenvalue weighted by Gasteiger charge is -2.37. The Morgan fingerprint density at radius 1 is 1.09 bits per heavy atom. The Morgan fingerprint density at radius 2 is 1.78 bits per heavy atom. The van der Waals surface area contributed by atoms with E-state index in [4.69, 9.17) is 0 Å². The first kappa shape index (κ1) is 15.7. The fraction of sp³-hybridized carbons (Fsp3) is 0.333. The van der Waals surface area contributed by atoms with Crippen molar-refractivity contribution in [1.82, 2.24) is 4.98 Å². The predicted octanol–water partition coefficient (Wildman–Crippen LogP) is 4.96. The highest BCUT2D eigenvalue weighted by Crippen LogP contribution is 2.49. The van der Waals surface area contributed by atoms with E-state index in [9.17, 15) is 18.0 Å². The molecule has 2 nitrogen and oxygen atoms in total. The average molecular weight is 319 g/mol. The molecule has 1 heterocycles. The standard InChI is InChI=1S/C18H16F3NO/c1-11(23)17-8-5-13(10-22-17)16-7-6-15(16)12-3-2-4-14(9-12)18(19,20)21/h2-5,8-10,15-16H,6-7H2,1H3. The summed E-state index contributed by atoms with van der Waals surface area (Å²) in [6.07, 6.45) is -0.871. The van der Waals surface area contributed by atoms with Gasteiger partial charge in [-0.25, -0.2) is 0 Å². The van der Waals surface area contributed by atoms with Crippen LogP contribution >= 0.6 is 0 Å². The Kier molecular flexibility index (Phi) is 3.96. The van der Waals surface area contributed by atoms with Crippen molar-refractivity contribution in [1.29, 1.82) is 0 Å².